The van der Waals surface area contributed by atoms with Crippen molar-refractivity contribution in [2.24, 2.45) is 5.92 Å². The molecule has 1 aromatic carbocycles. The standard InChI is InChI=1S/C21H32N2O6/c1-13(2)12-15(19(26)28-6)22-18(25)17(24)16(14-10-8-7-9-11-14)23-20(27)29-21(3,4)5/h7-11,13,15-17,24H,12H2,1-6H3,(H,22,25)(H,23,27)/t15-,16-,17+/m0/s1. The Kier molecular flexibility index (Phi) is 9.10. The molecule has 0 bridgehead atoms. The van der Waals surface area contributed by atoms with Crippen molar-refractivity contribution in [2.75, 3.05) is 7.11 Å². The lowest BCUT2D eigenvalue weighted by atomic mass is 9.99. The zero-order chi connectivity index (χ0) is 22.2. The van der Waals surface area contributed by atoms with Gasteiger partial charge in [0.15, 0.2) is 6.10 Å². The summed E-state index contributed by atoms with van der Waals surface area (Å²) in [5.74, 6) is -1.29. The molecule has 0 aliphatic carbocycles. The zero-order valence-corrected chi connectivity index (χ0v) is 17.9. The molecule has 3 atom stereocenters. The van der Waals surface area contributed by atoms with Crippen LogP contribution < -0.4 is 10.6 Å². The molecule has 2 amide bonds. The molecule has 0 aliphatic heterocycles. The average molecular weight is 408 g/mol. The number of alkyl carbamates (subject to hydrolysis) is 1. The van der Waals surface area contributed by atoms with E-state index in [1.807, 2.05) is 13.8 Å². The maximum Gasteiger partial charge on any atom is 0.408 e. The second-order valence-corrected chi connectivity index (χ2v) is 8.19. The van der Waals surface area contributed by atoms with Gasteiger partial charge in [-0.2, -0.15) is 0 Å². The minimum atomic E-state index is -1.65. The number of carbonyl (C=O) groups excluding carboxylic acids is 3. The molecule has 8 heteroatoms. The first kappa shape index (κ1) is 24.4. The molecule has 0 aliphatic rings. The van der Waals surface area contributed by atoms with Crippen LogP contribution in [0.3, 0.4) is 0 Å². The van der Waals surface area contributed by atoms with Gasteiger partial charge in [0.2, 0.25) is 0 Å². The van der Waals surface area contributed by atoms with Crippen molar-refractivity contribution < 1.29 is 29.0 Å². The van der Waals surface area contributed by atoms with E-state index in [1.54, 1.807) is 51.1 Å². The lowest BCUT2D eigenvalue weighted by Gasteiger charge is -2.27. The summed E-state index contributed by atoms with van der Waals surface area (Å²) in [5.41, 5.74) is -0.231. The van der Waals surface area contributed by atoms with Crippen LogP contribution in [0.2, 0.25) is 0 Å². The molecule has 0 aromatic heterocycles. The maximum absolute atomic E-state index is 12.7. The SMILES string of the molecule is COC(=O)[C@H](CC(C)C)NC(=O)[C@H](O)[C@@H](NC(=O)OC(C)(C)C)c1ccccc1. The summed E-state index contributed by atoms with van der Waals surface area (Å²) in [6, 6.07) is 6.59. The van der Waals surface area contributed by atoms with Gasteiger partial charge in [-0.15, -0.1) is 0 Å². The van der Waals surface area contributed by atoms with Gasteiger partial charge in [0, 0.05) is 0 Å². The number of benzene rings is 1. The predicted molar refractivity (Wildman–Crippen MR) is 108 cm³/mol. The Morgan fingerprint density at radius 3 is 2.14 bits per heavy atom. The predicted octanol–water partition coefficient (Wildman–Crippen LogP) is 2.32. The van der Waals surface area contributed by atoms with Crippen molar-refractivity contribution in [1.29, 1.82) is 0 Å². The van der Waals surface area contributed by atoms with Gasteiger partial charge >= 0.3 is 12.1 Å². The van der Waals surface area contributed by atoms with Gasteiger partial charge in [-0.3, -0.25) is 4.79 Å². The molecule has 0 saturated carbocycles. The fourth-order valence-corrected chi connectivity index (χ4v) is 2.68. The van der Waals surface area contributed by atoms with Gasteiger partial charge in [-0.25, -0.2) is 9.59 Å². The molecular formula is C21H32N2O6. The molecule has 0 fully saturated rings. The highest BCUT2D eigenvalue weighted by Gasteiger charge is 2.33. The molecule has 0 radical (unpaired) electrons. The smallest absolute Gasteiger partial charge is 0.408 e. The third-order valence-electron chi connectivity index (χ3n) is 3.92. The molecule has 0 unspecified atom stereocenters. The summed E-state index contributed by atoms with van der Waals surface area (Å²) >= 11 is 0. The van der Waals surface area contributed by atoms with Crippen molar-refractivity contribution in [2.45, 2.75) is 64.8 Å². The van der Waals surface area contributed by atoms with Crippen LogP contribution in [0.15, 0.2) is 30.3 Å². The highest BCUT2D eigenvalue weighted by Crippen LogP contribution is 2.19. The third-order valence-corrected chi connectivity index (χ3v) is 3.92. The van der Waals surface area contributed by atoms with Crippen molar-refractivity contribution in [3.8, 4) is 0 Å². The van der Waals surface area contributed by atoms with Crippen LogP contribution >= 0.6 is 0 Å². The Bertz CT molecular complexity index is 684. The number of esters is 1. The van der Waals surface area contributed by atoms with E-state index in [0.29, 0.717) is 12.0 Å². The summed E-state index contributed by atoms with van der Waals surface area (Å²) in [6.07, 6.45) is -2.07. The van der Waals surface area contributed by atoms with E-state index in [0.717, 1.165) is 0 Å². The fourth-order valence-electron chi connectivity index (χ4n) is 2.68. The lowest BCUT2D eigenvalue weighted by molar-refractivity contribution is -0.147. The van der Waals surface area contributed by atoms with E-state index < -0.39 is 41.8 Å². The summed E-state index contributed by atoms with van der Waals surface area (Å²) in [6.45, 7) is 8.92. The van der Waals surface area contributed by atoms with Gasteiger partial charge in [0.05, 0.1) is 13.2 Å². The molecule has 0 saturated heterocycles. The molecule has 162 valence electrons. The Balaban J connectivity index is 3.03. The average Bonchev–Trinajstić information content (AvgIpc) is 2.63. The number of nitrogens with one attached hydrogen (secondary N) is 2. The number of aliphatic hydroxyl groups is 1. The van der Waals surface area contributed by atoms with Crippen LogP contribution in [0.5, 0.6) is 0 Å². The molecule has 1 aromatic rings. The van der Waals surface area contributed by atoms with Crippen molar-refractivity contribution in [3.05, 3.63) is 35.9 Å². The van der Waals surface area contributed by atoms with Gasteiger partial charge in [0.1, 0.15) is 11.6 Å². The number of methoxy groups -OCH3 is 1. The monoisotopic (exact) mass is 408 g/mol. The third kappa shape index (κ3) is 8.51. The van der Waals surface area contributed by atoms with Crippen LogP contribution in [0.25, 0.3) is 0 Å². The van der Waals surface area contributed by atoms with Gasteiger partial charge in [0.25, 0.3) is 5.91 Å². The highest BCUT2D eigenvalue weighted by molar-refractivity contribution is 5.87. The number of amides is 2. The van der Waals surface area contributed by atoms with E-state index in [4.69, 9.17) is 9.47 Å². The molecule has 3 N–H and O–H groups in total. The van der Waals surface area contributed by atoms with E-state index in [9.17, 15) is 19.5 Å². The molecule has 29 heavy (non-hydrogen) atoms. The first-order chi connectivity index (χ1) is 13.4. The summed E-state index contributed by atoms with van der Waals surface area (Å²) < 4.78 is 9.98. The topological polar surface area (TPSA) is 114 Å². The minimum Gasteiger partial charge on any atom is -0.467 e. The Labute approximate surface area is 172 Å². The minimum absolute atomic E-state index is 0.112. The number of hydrogen-bond acceptors (Lipinski definition) is 6. The zero-order valence-electron chi connectivity index (χ0n) is 17.9. The van der Waals surface area contributed by atoms with Crippen LogP contribution in [0.1, 0.15) is 52.6 Å². The van der Waals surface area contributed by atoms with Crippen molar-refractivity contribution in [1.82, 2.24) is 10.6 Å². The maximum atomic E-state index is 12.7. The van der Waals surface area contributed by atoms with E-state index in [-0.39, 0.29) is 5.92 Å². The Morgan fingerprint density at radius 2 is 1.66 bits per heavy atom. The molecular weight excluding hydrogens is 376 g/mol. The van der Waals surface area contributed by atoms with Gasteiger partial charge in [-0.05, 0) is 38.7 Å². The number of rotatable bonds is 8. The number of hydrogen-bond donors (Lipinski definition) is 3. The van der Waals surface area contributed by atoms with E-state index >= 15 is 0 Å². The number of aliphatic hydroxyl groups excluding tert-OH is 1. The Morgan fingerprint density at radius 1 is 1.07 bits per heavy atom. The van der Waals surface area contributed by atoms with Crippen molar-refractivity contribution >= 4 is 18.0 Å². The van der Waals surface area contributed by atoms with Crippen LogP contribution in [-0.4, -0.2) is 47.9 Å². The van der Waals surface area contributed by atoms with Crippen molar-refractivity contribution in [3.63, 3.8) is 0 Å². The molecule has 1 rings (SSSR count). The second-order valence-electron chi connectivity index (χ2n) is 8.19. The molecule has 0 heterocycles. The number of carbonyl (C=O) groups is 3. The Hall–Kier alpha value is -2.61. The first-order valence-corrected chi connectivity index (χ1v) is 9.55. The van der Waals surface area contributed by atoms with Crippen LogP contribution in [-0.2, 0) is 19.1 Å². The van der Waals surface area contributed by atoms with Gasteiger partial charge < -0.3 is 25.2 Å². The lowest BCUT2D eigenvalue weighted by Crippen LogP contribution is -2.51. The largest absolute Gasteiger partial charge is 0.467 e. The quantitative estimate of drug-likeness (QED) is 0.569. The summed E-state index contributed by atoms with van der Waals surface area (Å²) in [5, 5.41) is 15.7. The summed E-state index contributed by atoms with van der Waals surface area (Å²) in [4.78, 5) is 36.9. The summed E-state index contributed by atoms with van der Waals surface area (Å²) in [7, 11) is 1.23. The van der Waals surface area contributed by atoms with Crippen LogP contribution in [0, 0.1) is 5.92 Å². The second kappa shape index (κ2) is 10.8. The molecule has 8 nitrogen and oxygen atoms in total. The normalized spacial score (nSPS) is 14.5. The van der Waals surface area contributed by atoms with E-state index in [2.05, 4.69) is 10.6 Å². The first-order valence-electron chi connectivity index (χ1n) is 9.55. The fraction of sp³-hybridized carbons (Fsp3) is 0.571. The molecule has 0 spiro atoms. The van der Waals surface area contributed by atoms with Crippen LogP contribution in [0.4, 0.5) is 4.79 Å². The van der Waals surface area contributed by atoms with Gasteiger partial charge in [-0.1, -0.05) is 44.2 Å². The number of ether oxygens (including phenoxy) is 2. The highest BCUT2D eigenvalue weighted by atomic mass is 16.6. The van der Waals surface area contributed by atoms with E-state index in [1.165, 1.54) is 7.11 Å².